The van der Waals surface area contributed by atoms with Gasteiger partial charge in [0.2, 0.25) is 0 Å². The number of pyridine rings is 1. The molecule has 23 heavy (non-hydrogen) atoms. The van der Waals surface area contributed by atoms with Crippen LogP contribution in [0.1, 0.15) is 6.42 Å². The summed E-state index contributed by atoms with van der Waals surface area (Å²) in [5.74, 6) is 0.469. The van der Waals surface area contributed by atoms with E-state index in [-0.39, 0.29) is 12.4 Å². The van der Waals surface area contributed by atoms with Crippen LogP contribution in [0, 0.1) is 5.82 Å². The van der Waals surface area contributed by atoms with E-state index in [9.17, 15) is 4.39 Å². The van der Waals surface area contributed by atoms with Gasteiger partial charge in [-0.05, 0) is 48.4 Å². The molecule has 3 N–H and O–H groups in total. The van der Waals surface area contributed by atoms with Crippen molar-refractivity contribution in [2.75, 3.05) is 18.5 Å². The highest BCUT2D eigenvalue weighted by molar-refractivity contribution is 5.81. The Balaban J connectivity index is 1.89. The maximum atomic E-state index is 13.1. The van der Waals surface area contributed by atoms with Gasteiger partial charge >= 0.3 is 0 Å². The summed E-state index contributed by atoms with van der Waals surface area (Å²) in [4.78, 5) is 4.26. The van der Waals surface area contributed by atoms with Crippen molar-refractivity contribution in [2.24, 2.45) is 0 Å². The Morgan fingerprint density at radius 1 is 1.13 bits per heavy atom. The molecule has 0 bridgehead atoms. The van der Waals surface area contributed by atoms with Crippen LogP contribution < -0.4 is 5.32 Å². The van der Waals surface area contributed by atoms with Gasteiger partial charge < -0.3 is 10.4 Å². The first-order chi connectivity index (χ1) is 11.3. The number of halogens is 1. The fourth-order valence-electron chi connectivity index (χ4n) is 2.33. The van der Waals surface area contributed by atoms with E-state index >= 15 is 0 Å². The number of hydrogen-bond donors (Lipinski definition) is 3. The minimum atomic E-state index is -0.269. The molecule has 0 aliphatic carbocycles. The van der Waals surface area contributed by atoms with Crippen molar-refractivity contribution in [1.82, 2.24) is 15.2 Å². The van der Waals surface area contributed by atoms with Gasteiger partial charge in [0.05, 0.1) is 11.9 Å². The summed E-state index contributed by atoms with van der Waals surface area (Å²) in [6, 6.07) is 10.1. The molecule has 6 heteroatoms. The van der Waals surface area contributed by atoms with Crippen molar-refractivity contribution >= 4 is 5.82 Å². The summed E-state index contributed by atoms with van der Waals surface area (Å²) >= 11 is 0. The molecule has 0 unspecified atom stereocenters. The van der Waals surface area contributed by atoms with Crippen molar-refractivity contribution in [3.63, 3.8) is 0 Å². The minimum Gasteiger partial charge on any atom is -0.396 e. The third-order valence-electron chi connectivity index (χ3n) is 3.48. The SMILES string of the molecule is OCCCNc1cc(-c2cn[nH]c2-c2ccc(F)cc2)ccn1. The predicted octanol–water partition coefficient (Wildman–Crippen LogP) is 3.07. The van der Waals surface area contributed by atoms with E-state index < -0.39 is 0 Å². The van der Waals surface area contributed by atoms with Crippen LogP contribution in [0.4, 0.5) is 10.2 Å². The summed E-state index contributed by atoms with van der Waals surface area (Å²) < 4.78 is 13.1. The zero-order valence-electron chi connectivity index (χ0n) is 12.5. The molecule has 0 amide bonds. The normalized spacial score (nSPS) is 10.7. The molecule has 2 heterocycles. The number of H-pyrrole nitrogens is 1. The first-order valence-corrected chi connectivity index (χ1v) is 7.38. The second-order valence-corrected chi connectivity index (χ2v) is 5.10. The molecule has 0 fully saturated rings. The predicted molar refractivity (Wildman–Crippen MR) is 87.4 cm³/mol. The number of nitrogens with zero attached hydrogens (tertiary/aromatic N) is 2. The summed E-state index contributed by atoms with van der Waals surface area (Å²) in [5, 5.41) is 19.1. The molecule has 5 nitrogen and oxygen atoms in total. The minimum absolute atomic E-state index is 0.142. The Hall–Kier alpha value is -2.73. The Morgan fingerprint density at radius 2 is 1.96 bits per heavy atom. The van der Waals surface area contributed by atoms with Gasteiger partial charge in [0.1, 0.15) is 11.6 Å². The third kappa shape index (κ3) is 3.54. The molecule has 0 aliphatic heterocycles. The lowest BCUT2D eigenvalue weighted by molar-refractivity contribution is 0.292. The molecule has 0 saturated heterocycles. The number of aromatic amines is 1. The monoisotopic (exact) mass is 312 g/mol. The summed E-state index contributed by atoms with van der Waals surface area (Å²) in [6.45, 7) is 0.798. The molecule has 1 aromatic carbocycles. The van der Waals surface area contributed by atoms with Crippen LogP contribution in [0.3, 0.4) is 0 Å². The Morgan fingerprint density at radius 3 is 2.74 bits per heavy atom. The molecular formula is C17H17FN4O. The van der Waals surface area contributed by atoms with Crippen LogP contribution in [0.2, 0.25) is 0 Å². The summed E-state index contributed by atoms with van der Waals surface area (Å²) in [6.07, 6.45) is 4.13. The van der Waals surface area contributed by atoms with E-state index in [1.54, 1.807) is 24.5 Å². The molecule has 3 aromatic rings. The molecule has 2 aromatic heterocycles. The van der Waals surface area contributed by atoms with Crippen LogP contribution in [0.5, 0.6) is 0 Å². The number of hydrogen-bond acceptors (Lipinski definition) is 4. The highest BCUT2D eigenvalue weighted by Crippen LogP contribution is 2.30. The lowest BCUT2D eigenvalue weighted by Gasteiger charge is -2.07. The molecular weight excluding hydrogens is 295 g/mol. The molecule has 0 atom stereocenters. The third-order valence-corrected chi connectivity index (χ3v) is 3.48. The fraction of sp³-hybridized carbons (Fsp3) is 0.176. The second-order valence-electron chi connectivity index (χ2n) is 5.10. The molecule has 0 aliphatic rings. The molecule has 118 valence electrons. The molecule has 0 spiro atoms. The van der Waals surface area contributed by atoms with E-state index in [1.165, 1.54) is 12.1 Å². The first-order valence-electron chi connectivity index (χ1n) is 7.38. The van der Waals surface area contributed by atoms with Gasteiger partial charge in [-0.15, -0.1) is 0 Å². The zero-order valence-corrected chi connectivity index (χ0v) is 12.5. The van der Waals surface area contributed by atoms with E-state index in [2.05, 4.69) is 20.5 Å². The van der Waals surface area contributed by atoms with Gasteiger partial charge in [-0.2, -0.15) is 5.10 Å². The van der Waals surface area contributed by atoms with Gasteiger partial charge in [0, 0.05) is 30.5 Å². The van der Waals surface area contributed by atoms with Gasteiger partial charge in [-0.1, -0.05) is 0 Å². The fourth-order valence-corrected chi connectivity index (χ4v) is 2.33. The van der Waals surface area contributed by atoms with Gasteiger partial charge in [-0.3, -0.25) is 5.10 Å². The van der Waals surface area contributed by atoms with Crippen molar-refractivity contribution in [3.05, 3.63) is 54.6 Å². The smallest absolute Gasteiger partial charge is 0.126 e. The average molecular weight is 312 g/mol. The van der Waals surface area contributed by atoms with Crippen molar-refractivity contribution in [1.29, 1.82) is 0 Å². The molecule has 0 radical (unpaired) electrons. The highest BCUT2D eigenvalue weighted by Gasteiger charge is 2.10. The largest absolute Gasteiger partial charge is 0.396 e. The van der Waals surface area contributed by atoms with Gasteiger partial charge in [0.25, 0.3) is 0 Å². The van der Waals surface area contributed by atoms with Crippen LogP contribution >= 0.6 is 0 Å². The first kappa shape index (κ1) is 15.2. The Labute approximate surface area is 133 Å². The van der Waals surface area contributed by atoms with E-state index in [1.807, 2.05) is 12.1 Å². The summed E-state index contributed by atoms with van der Waals surface area (Å²) in [7, 11) is 0. The highest BCUT2D eigenvalue weighted by atomic mass is 19.1. The van der Waals surface area contributed by atoms with E-state index in [0.29, 0.717) is 13.0 Å². The second kappa shape index (κ2) is 7.02. The number of anilines is 1. The Kier molecular flexibility index (Phi) is 4.63. The number of benzene rings is 1. The quantitative estimate of drug-likeness (QED) is 0.612. The van der Waals surface area contributed by atoms with Crippen LogP contribution in [0.25, 0.3) is 22.4 Å². The zero-order chi connectivity index (χ0) is 16.1. The van der Waals surface area contributed by atoms with Crippen LogP contribution in [0.15, 0.2) is 48.8 Å². The van der Waals surface area contributed by atoms with E-state index in [0.717, 1.165) is 28.2 Å². The Bertz CT molecular complexity index is 770. The average Bonchev–Trinajstić information content (AvgIpc) is 3.06. The van der Waals surface area contributed by atoms with Crippen LogP contribution in [-0.4, -0.2) is 33.4 Å². The summed E-state index contributed by atoms with van der Waals surface area (Å²) in [5.41, 5.74) is 3.58. The number of rotatable bonds is 6. The number of nitrogens with one attached hydrogen (secondary N) is 2. The molecule has 0 saturated carbocycles. The maximum absolute atomic E-state index is 13.1. The van der Waals surface area contributed by atoms with Crippen LogP contribution in [-0.2, 0) is 0 Å². The standard InChI is InChI=1S/C17H17FN4O/c18-14-4-2-12(3-5-14)17-15(11-21-22-17)13-6-8-20-16(10-13)19-7-1-9-23/h2-6,8,10-11,23H,1,7,9H2,(H,19,20)(H,21,22). The number of aliphatic hydroxyl groups is 1. The van der Waals surface area contributed by atoms with Crippen molar-refractivity contribution in [2.45, 2.75) is 6.42 Å². The van der Waals surface area contributed by atoms with Crippen molar-refractivity contribution < 1.29 is 9.50 Å². The maximum Gasteiger partial charge on any atom is 0.126 e. The number of aliphatic hydroxyl groups excluding tert-OH is 1. The topological polar surface area (TPSA) is 73.8 Å². The van der Waals surface area contributed by atoms with Gasteiger partial charge in [0.15, 0.2) is 0 Å². The van der Waals surface area contributed by atoms with E-state index in [4.69, 9.17) is 5.11 Å². The van der Waals surface area contributed by atoms with Gasteiger partial charge in [-0.25, -0.2) is 9.37 Å². The lowest BCUT2D eigenvalue weighted by Crippen LogP contribution is -2.04. The van der Waals surface area contributed by atoms with Crippen molar-refractivity contribution in [3.8, 4) is 22.4 Å². The number of aromatic nitrogens is 3. The lowest BCUT2D eigenvalue weighted by atomic mass is 10.0. The molecule has 3 rings (SSSR count).